The second kappa shape index (κ2) is 6.95. The molecule has 2 atom stereocenters. The van der Waals surface area contributed by atoms with Crippen molar-refractivity contribution in [3.63, 3.8) is 0 Å². The van der Waals surface area contributed by atoms with Crippen molar-refractivity contribution in [2.24, 2.45) is 7.05 Å². The van der Waals surface area contributed by atoms with Gasteiger partial charge in [0, 0.05) is 29.2 Å². The summed E-state index contributed by atoms with van der Waals surface area (Å²) < 4.78 is 7.35. The van der Waals surface area contributed by atoms with Crippen LogP contribution in [0, 0.1) is 0 Å². The third kappa shape index (κ3) is 2.82. The number of amides is 1. The molecule has 31 heavy (non-hydrogen) atoms. The number of para-hydroxylation sites is 1. The summed E-state index contributed by atoms with van der Waals surface area (Å²) in [5.74, 6) is -0.0692. The minimum atomic E-state index is -0.0692. The molecule has 156 valence electrons. The summed E-state index contributed by atoms with van der Waals surface area (Å²) in [5.41, 5.74) is 5.40. The summed E-state index contributed by atoms with van der Waals surface area (Å²) in [6.45, 7) is 0. The van der Waals surface area contributed by atoms with Gasteiger partial charge < -0.3 is 9.42 Å². The number of halogens is 1. The molecule has 0 spiro atoms. The maximum absolute atomic E-state index is 13.7. The van der Waals surface area contributed by atoms with E-state index in [1.165, 1.54) is 5.56 Å². The Kier molecular flexibility index (Phi) is 4.18. The molecule has 4 aromatic rings. The van der Waals surface area contributed by atoms with Crippen molar-refractivity contribution >= 4 is 28.5 Å². The van der Waals surface area contributed by atoms with E-state index in [0.29, 0.717) is 16.3 Å². The quantitative estimate of drug-likeness (QED) is 0.438. The van der Waals surface area contributed by atoms with Crippen LogP contribution >= 0.6 is 11.6 Å². The molecule has 7 heteroatoms. The summed E-state index contributed by atoms with van der Waals surface area (Å²) in [5, 5.41) is 10.5. The Morgan fingerprint density at radius 3 is 2.90 bits per heavy atom. The topological polar surface area (TPSA) is 64.2 Å². The molecular formula is C24H21ClN4O2. The lowest BCUT2D eigenvalue weighted by Crippen LogP contribution is -2.50. The largest absolute Gasteiger partial charge is 0.355 e. The molecule has 2 aliphatic rings. The number of piperidine rings is 1. The minimum absolute atomic E-state index is 0.0513. The fourth-order valence-corrected chi connectivity index (χ4v) is 5.50. The van der Waals surface area contributed by atoms with E-state index in [0.717, 1.165) is 48.0 Å². The van der Waals surface area contributed by atoms with Crippen LogP contribution in [0.5, 0.6) is 0 Å². The number of hydrogen-bond acceptors (Lipinski definition) is 4. The number of aromatic nitrogens is 3. The first-order chi connectivity index (χ1) is 15.1. The van der Waals surface area contributed by atoms with Crippen LogP contribution in [0.1, 0.15) is 47.1 Å². The first-order valence-corrected chi connectivity index (χ1v) is 11.0. The number of rotatable bonds is 2. The number of nitrogens with zero attached hydrogens (tertiary/aromatic N) is 4. The lowest BCUT2D eigenvalue weighted by molar-refractivity contribution is 0.0384. The van der Waals surface area contributed by atoms with Crippen molar-refractivity contribution in [2.75, 3.05) is 0 Å². The first kappa shape index (κ1) is 18.6. The Balaban J connectivity index is 1.45. The van der Waals surface area contributed by atoms with E-state index in [4.69, 9.17) is 21.2 Å². The van der Waals surface area contributed by atoms with Gasteiger partial charge in [0.05, 0.1) is 22.8 Å². The standard InChI is InChI=1S/C24H21ClN4O2/c1-28-23(14-6-4-7-15(25)12-14)18-13-16-8-5-10-19(21(18)26-28)29(16)24(30)22-17-9-2-3-11-20(17)31-27-22/h2-4,6-7,9,11-12,16,19H,5,8,10,13H2,1H3/t16-,19+/m0/s1. The van der Waals surface area contributed by atoms with Gasteiger partial charge in [-0.2, -0.15) is 5.10 Å². The van der Waals surface area contributed by atoms with Crippen molar-refractivity contribution in [2.45, 2.75) is 37.8 Å². The SMILES string of the molecule is Cn1nc2c(c1-c1cccc(Cl)c1)C[C@@H]1CCC[C@H]2N1C(=O)c1noc2ccccc12. The zero-order valence-corrected chi connectivity index (χ0v) is 17.8. The second-order valence-corrected chi connectivity index (χ2v) is 8.83. The number of hydrogen-bond donors (Lipinski definition) is 0. The average molecular weight is 433 g/mol. The predicted molar refractivity (Wildman–Crippen MR) is 118 cm³/mol. The maximum atomic E-state index is 13.7. The number of benzene rings is 2. The molecule has 0 unspecified atom stereocenters. The lowest BCUT2D eigenvalue weighted by atomic mass is 9.81. The highest BCUT2D eigenvalue weighted by Gasteiger charge is 2.44. The van der Waals surface area contributed by atoms with E-state index in [1.54, 1.807) is 0 Å². The number of carbonyl (C=O) groups excluding carboxylic acids is 1. The monoisotopic (exact) mass is 432 g/mol. The summed E-state index contributed by atoms with van der Waals surface area (Å²) in [7, 11) is 1.97. The lowest BCUT2D eigenvalue weighted by Gasteiger charge is -2.45. The van der Waals surface area contributed by atoms with Gasteiger partial charge in [0.15, 0.2) is 11.3 Å². The van der Waals surface area contributed by atoms with Crippen LogP contribution in [0.15, 0.2) is 53.1 Å². The van der Waals surface area contributed by atoms with E-state index >= 15 is 0 Å². The molecule has 6 rings (SSSR count). The van der Waals surface area contributed by atoms with Crippen LogP contribution in [0.2, 0.25) is 5.02 Å². The highest BCUT2D eigenvalue weighted by Crippen LogP contribution is 2.45. The molecule has 2 aromatic heterocycles. The fraction of sp³-hybridized carbons (Fsp3) is 0.292. The molecule has 2 aromatic carbocycles. The van der Waals surface area contributed by atoms with E-state index in [-0.39, 0.29) is 18.0 Å². The van der Waals surface area contributed by atoms with Crippen molar-refractivity contribution in [3.05, 3.63) is 70.5 Å². The van der Waals surface area contributed by atoms with Crippen LogP contribution in [0.4, 0.5) is 0 Å². The molecule has 1 saturated heterocycles. The fourth-order valence-electron chi connectivity index (χ4n) is 5.31. The van der Waals surface area contributed by atoms with Crippen LogP contribution in [-0.2, 0) is 13.5 Å². The number of aryl methyl sites for hydroxylation is 1. The molecule has 0 aliphatic carbocycles. The van der Waals surface area contributed by atoms with Gasteiger partial charge in [0.1, 0.15) is 0 Å². The van der Waals surface area contributed by atoms with Crippen molar-refractivity contribution in [3.8, 4) is 11.3 Å². The van der Waals surface area contributed by atoms with E-state index in [9.17, 15) is 4.79 Å². The summed E-state index contributed by atoms with van der Waals surface area (Å²) in [6.07, 6.45) is 3.74. The van der Waals surface area contributed by atoms with Crippen LogP contribution in [-0.4, -0.2) is 31.8 Å². The highest BCUT2D eigenvalue weighted by molar-refractivity contribution is 6.30. The number of carbonyl (C=O) groups is 1. The van der Waals surface area contributed by atoms with E-state index in [2.05, 4.69) is 11.2 Å². The zero-order valence-electron chi connectivity index (χ0n) is 17.1. The van der Waals surface area contributed by atoms with E-state index < -0.39 is 0 Å². The van der Waals surface area contributed by atoms with Gasteiger partial charge in [-0.1, -0.05) is 41.0 Å². The molecule has 2 bridgehead atoms. The predicted octanol–water partition coefficient (Wildman–Crippen LogP) is 5.17. The maximum Gasteiger partial charge on any atom is 0.277 e. The molecule has 1 fully saturated rings. The van der Waals surface area contributed by atoms with Crippen molar-refractivity contribution < 1.29 is 9.32 Å². The molecule has 1 amide bonds. The molecule has 6 nitrogen and oxygen atoms in total. The Bertz CT molecular complexity index is 1320. The molecule has 4 heterocycles. The molecule has 0 radical (unpaired) electrons. The van der Waals surface area contributed by atoms with Gasteiger partial charge in [-0.25, -0.2) is 0 Å². The Labute approximate surface area is 184 Å². The smallest absolute Gasteiger partial charge is 0.277 e. The highest BCUT2D eigenvalue weighted by atomic mass is 35.5. The van der Waals surface area contributed by atoms with Gasteiger partial charge in [0.25, 0.3) is 5.91 Å². The van der Waals surface area contributed by atoms with E-state index in [1.807, 2.05) is 59.1 Å². The second-order valence-electron chi connectivity index (χ2n) is 8.39. The summed E-state index contributed by atoms with van der Waals surface area (Å²) in [4.78, 5) is 15.7. The molecule has 0 N–H and O–H groups in total. The molecule has 0 saturated carbocycles. The van der Waals surface area contributed by atoms with Gasteiger partial charge >= 0.3 is 0 Å². The normalized spacial score (nSPS) is 20.1. The zero-order chi connectivity index (χ0) is 21.1. The third-order valence-corrected chi connectivity index (χ3v) is 6.82. The molecular weight excluding hydrogens is 412 g/mol. The average Bonchev–Trinajstić information content (AvgIpc) is 3.34. The first-order valence-electron chi connectivity index (χ1n) is 10.6. The van der Waals surface area contributed by atoms with Crippen molar-refractivity contribution in [1.82, 2.24) is 19.8 Å². The van der Waals surface area contributed by atoms with Gasteiger partial charge in [-0.15, -0.1) is 0 Å². The number of fused-ring (bicyclic) bond motifs is 5. The van der Waals surface area contributed by atoms with Crippen LogP contribution < -0.4 is 0 Å². The van der Waals surface area contributed by atoms with Crippen molar-refractivity contribution in [1.29, 1.82) is 0 Å². The van der Waals surface area contributed by atoms with Gasteiger partial charge in [0.2, 0.25) is 0 Å². The minimum Gasteiger partial charge on any atom is -0.355 e. The van der Waals surface area contributed by atoms with Crippen LogP contribution in [0.25, 0.3) is 22.2 Å². The Hall–Kier alpha value is -3.12. The Morgan fingerprint density at radius 1 is 1.16 bits per heavy atom. The summed E-state index contributed by atoms with van der Waals surface area (Å²) in [6, 6.07) is 15.5. The van der Waals surface area contributed by atoms with Crippen LogP contribution in [0.3, 0.4) is 0 Å². The third-order valence-electron chi connectivity index (χ3n) is 6.59. The summed E-state index contributed by atoms with van der Waals surface area (Å²) >= 11 is 6.26. The van der Waals surface area contributed by atoms with Gasteiger partial charge in [-0.05, 0) is 49.9 Å². The Morgan fingerprint density at radius 2 is 2.03 bits per heavy atom. The molecule has 2 aliphatic heterocycles. The van der Waals surface area contributed by atoms with Gasteiger partial charge in [-0.3, -0.25) is 9.48 Å².